The zero-order chi connectivity index (χ0) is 13.9. The molecule has 3 aromatic rings. The van der Waals surface area contributed by atoms with Crippen LogP contribution in [0.3, 0.4) is 0 Å². The van der Waals surface area contributed by atoms with Gasteiger partial charge in [0.25, 0.3) is 0 Å². The number of fused-ring (bicyclic) bond motifs is 1. The number of halogens is 1. The van der Waals surface area contributed by atoms with Crippen LogP contribution >= 0.6 is 0 Å². The van der Waals surface area contributed by atoms with Gasteiger partial charge in [-0.2, -0.15) is 5.10 Å². The smallest absolute Gasteiger partial charge is 0.126 e. The Bertz CT molecular complexity index is 724. The van der Waals surface area contributed by atoms with E-state index in [9.17, 15) is 4.39 Å². The molecule has 0 amide bonds. The normalized spacial score (nSPS) is 12.7. The summed E-state index contributed by atoms with van der Waals surface area (Å²) >= 11 is 0. The average Bonchev–Trinajstić information content (AvgIpc) is 2.90. The van der Waals surface area contributed by atoms with Gasteiger partial charge in [0.05, 0.1) is 24.0 Å². The summed E-state index contributed by atoms with van der Waals surface area (Å²) < 4.78 is 15.5. The summed E-state index contributed by atoms with van der Waals surface area (Å²) in [5.74, 6) is 5.39. The first kappa shape index (κ1) is 12.7. The van der Waals surface area contributed by atoms with Gasteiger partial charge in [0.2, 0.25) is 0 Å². The van der Waals surface area contributed by atoms with Crippen molar-refractivity contribution in [3.63, 3.8) is 0 Å². The van der Waals surface area contributed by atoms with E-state index in [1.807, 2.05) is 6.07 Å². The van der Waals surface area contributed by atoms with Crippen molar-refractivity contribution in [3.8, 4) is 0 Å². The predicted molar refractivity (Wildman–Crippen MR) is 73.2 cm³/mol. The quantitative estimate of drug-likeness (QED) is 0.559. The first-order valence-corrected chi connectivity index (χ1v) is 6.26. The molecule has 0 spiro atoms. The Kier molecular flexibility index (Phi) is 3.41. The van der Waals surface area contributed by atoms with Crippen LogP contribution in [0.1, 0.15) is 17.2 Å². The highest BCUT2D eigenvalue weighted by Crippen LogP contribution is 2.22. The molecule has 2 aromatic heterocycles. The minimum atomic E-state index is -0.234. The summed E-state index contributed by atoms with van der Waals surface area (Å²) in [6.07, 6.45) is 7.30. The van der Waals surface area contributed by atoms with Crippen LogP contribution in [0, 0.1) is 5.82 Å². The fourth-order valence-electron chi connectivity index (χ4n) is 2.26. The second kappa shape index (κ2) is 5.36. The van der Waals surface area contributed by atoms with Crippen LogP contribution in [0.2, 0.25) is 0 Å². The van der Waals surface area contributed by atoms with E-state index in [2.05, 4.69) is 15.5 Å². The number of nitrogens with two attached hydrogens (primary N) is 1. The van der Waals surface area contributed by atoms with Crippen molar-refractivity contribution in [1.82, 2.24) is 20.0 Å². The largest absolute Gasteiger partial charge is 0.271 e. The van der Waals surface area contributed by atoms with Gasteiger partial charge in [-0.05, 0) is 18.1 Å². The molecular weight excluding hydrogens is 257 g/mol. The maximum absolute atomic E-state index is 13.7. The lowest BCUT2D eigenvalue weighted by molar-refractivity contribution is 0.531. The van der Waals surface area contributed by atoms with Crippen molar-refractivity contribution in [2.45, 2.75) is 12.5 Å². The fraction of sp³-hybridized carbons (Fsp3) is 0.143. The number of benzene rings is 1. The number of rotatable bonds is 4. The van der Waals surface area contributed by atoms with Gasteiger partial charge in [0.15, 0.2) is 0 Å². The van der Waals surface area contributed by atoms with Crippen LogP contribution in [0.4, 0.5) is 4.39 Å². The summed E-state index contributed by atoms with van der Waals surface area (Å²) in [6.45, 7) is 0. The molecule has 2 heterocycles. The molecule has 3 N–H and O–H groups in total. The topological polar surface area (TPSA) is 68.2 Å². The third kappa shape index (κ3) is 2.26. The van der Waals surface area contributed by atoms with Gasteiger partial charge in [-0.15, -0.1) is 0 Å². The minimum absolute atomic E-state index is 0.228. The second-order valence-electron chi connectivity index (χ2n) is 4.52. The number of nitrogens with one attached hydrogen (secondary N) is 1. The molecule has 0 aliphatic rings. The summed E-state index contributed by atoms with van der Waals surface area (Å²) in [7, 11) is 0. The first-order valence-electron chi connectivity index (χ1n) is 6.26. The number of hydrogen-bond donors (Lipinski definition) is 2. The number of aromatic nitrogens is 3. The van der Waals surface area contributed by atoms with Gasteiger partial charge in [-0.3, -0.25) is 16.3 Å². The summed E-state index contributed by atoms with van der Waals surface area (Å²) in [4.78, 5) is 4.08. The maximum Gasteiger partial charge on any atom is 0.126 e. The van der Waals surface area contributed by atoms with Gasteiger partial charge in [0.1, 0.15) is 5.82 Å². The Morgan fingerprint density at radius 2 is 2.15 bits per heavy atom. The van der Waals surface area contributed by atoms with E-state index in [0.717, 1.165) is 11.1 Å². The minimum Gasteiger partial charge on any atom is -0.271 e. The van der Waals surface area contributed by atoms with Crippen LogP contribution in [0.15, 0.2) is 49.1 Å². The van der Waals surface area contributed by atoms with Crippen LogP contribution in [0.5, 0.6) is 0 Å². The van der Waals surface area contributed by atoms with Gasteiger partial charge < -0.3 is 0 Å². The molecule has 0 bridgehead atoms. The molecule has 1 atom stereocenters. The first-order chi connectivity index (χ1) is 9.79. The average molecular weight is 271 g/mol. The zero-order valence-electron chi connectivity index (χ0n) is 10.7. The molecule has 5 nitrogen and oxygen atoms in total. The molecule has 0 saturated heterocycles. The lowest BCUT2D eigenvalue weighted by Gasteiger charge is -2.15. The van der Waals surface area contributed by atoms with Crippen molar-refractivity contribution in [2.75, 3.05) is 0 Å². The monoisotopic (exact) mass is 271 g/mol. The molecular formula is C14H14FN5. The molecule has 3 rings (SSSR count). The SMILES string of the molecule is NNC(Cc1ccccc1F)c1cnn2ccncc12. The van der Waals surface area contributed by atoms with E-state index in [-0.39, 0.29) is 11.9 Å². The van der Waals surface area contributed by atoms with Crippen LogP contribution in [0.25, 0.3) is 5.52 Å². The van der Waals surface area contributed by atoms with E-state index in [1.54, 1.807) is 41.4 Å². The van der Waals surface area contributed by atoms with Crippen molar-refractivity contribution in [3.05, 3.63) is 66.0 Å². The highest BCUT2D eigenvalue weighted by Gasteiger charge is 2.17. The Morgan fingerprint density at radius 1 is 1.30 bits per heavy atom. The number of hydrogen-bond acceptors (Lipinski definition) is 4. The molecule has 0 aliphatic heterocycles. The molecule has 0 saturated carbocycles. The van der Waals surface area contributed by atoms with Gasteiger partial charge >= 0.3 is 0 Å². The Labute approximate surface area is 115 Å². The summed E-state index contributed by atoms with van der Waals surface area (Å²) in [5, 5.41) is 4.24. The molecule has 0 radical (unpaired) electrons. The standard InChI is InChI=1S/C14H14FN5/c15-12-4-2-1-3-10(12)7-13(19-16)11-8-18-20-6-5-17-9-14(11)20/h1-6,8-9,13,19H,7,16H2. The molecule has 6 heteroatoms. The molecule has 1 aromatic carbocycles. The maximum atomic E-state index is 13.7. The van der Waals surface area contributed by atoms with E-state index in [4.69, 9.17) is 5.84 Å². The number of hydrazine groups is 1. The van der Waals surface area contributed by atoms with Gasteiger partial charge in [-0.25, -0.2) is 8.91 Å². The lowest BCUT2D eigenvalue weighted by Crippen LogP contribution is -2.29. The molecule has 102 valence electrons. The number of nitrogens with zero attached hydrogens (tertiary/aromatic N) is 3. The Hall–Kier alpha value is -2.31. The lowest BCUT2D eigenvalue weighted by atomic mass is 10.0. The van der Waals surface area contributed by atoms with Crippen LogP contribution < -0.4 is 11.3 Å². The molecule has 0 fully saturated rings. The summed E-state index contributed by atoms with van der Waals surface area (Å²) in [5.41, 5.74) is 5.08. The third-order valence-electron chi connectivity index (χ3n) is 3.31. The third-order valence-corrected chi connectivity index (χ3v) is 3.31. The Morgan fingerprint density at radius 3 is 2.95 bits per heavy atom. The van der Waals surface area contributed by atoms with E-state index in [1.165, 1.54) is 6.07 Å². The van der Waals surface area contributed by atoms with Crippen molar-refractivity contribution in [1.29, 1.82) is 0 Å². The predicted octanol–water partition coefficient (Wildman–Crippen LogP) is 1.62. The van der Waals surface area contributed by atoms with Crippen LogP contribution in [-0.4, -0.2) is 14.6 Å². The van der Waals surface area contributed by atoms with E-state index < -0.39 is 0 Å². The highest BCUT2D eigenvalue weighted by atomic mass is 19.1. The molecule has 20 heavy (non-hydrogen) atoms. The Balaban J connectivity index is 1.96. The van der Waals surface area contributed by atoms with Crippen LogP contribution in [-0.2, 0) is 6.42 Å². The second-order valence-corrected chi connectivity index (χ2v) is 4.52. The van der Waals surface area contributed by atoms with Crippen molar-refractivity contribution in [2.24, 2.45) is 5.84 Å². The highest BCUT2D eigenvalue weighted by molar-refractivity contribution is 5.53. The molecule has 0 aliphatic carbocycles. The van der Waals surface area contributed by atoms with Gasteiger partial charge in [0, 0.05) is 18.0 Å². The zero-order valence-corrected chi connectivity index (χ0v) is 10.7. The van der Waals surface area contributed by atoms with E-state index in [0.29, 0.717) is 12.0 Å². The van der Waals surface area contributed by atoms with Gasteiger partial charge in [-0.1, -0.05) is 18.2 Å². The van der Waals surface area contributed by atoms with E-state index >= 15 is 0 Å². The van der Waals surface area contributed by atoms with Crippen molar-refractivity contribution < 1.29 is 4.39 Å². The summed E-state index contributed by atoms with van der Waals surface area (Å²) in [6, 6.07) is 6.45. The fourth-order valence-corrected chi connectivity index (χ4v) is 2.26. The van der Waals surface area contributed by atoms with Crippen molar-refractivity contribution >= 4 is 5.52 Å². The molecule has 1 unspecified atom stereocenters.